The molecule has 2 bridgehead atoms. The van der Waals surface area contributed by atoms with Crippen LogP contribution in [0.4, 0.5) is 0 Å². The van der Waals surface area contributed by atoms with Crippen LogP contribution >= 0.6 is 31.9 Å². The Balaban J connectivity index is 1.63. The van der Waals surface area contributed by atoms with Crippen molar-refractivity contribution in [3.63, 3.8) is 0 Å². The van der Waals surface area contributed by atoms with E-state index in [2.05, 4.69) is 37.0 Å². The molecule has 2 fully saturated rings. The Kier molecular flexibility index (Phi) is 4.43. The van der Waals surface area contributed by atoms with Gasteiger partial charge in [-0.05, 0) is 63.1 Å². The van der Waals surface area contributed by atoms with Crippen molar-refractivity contribution in [1.82, 2.24) is 5.01 Å². The molecule has 4 rings (SSSR count). The number of phenols is 1. The molecule has 26 heavy (non-hydrogen) atoms. The Morgan fingerprint density at radius 3 is 2.42 bits per heavy atom. The van der Waals surface area contributed by atoms with Crippen molar-refractivity contribution in [2.45, 2.75) is 13.3 Å². The van der Waals surface area contributed by atoms with Gasteiger partial charge in [-0.1, -0.05) is 12.2 Å². The number of benzene rings is 1. The van der Waals surface area contributed by atoms with Gasteiger partial charge in [0.25, 0.3) is 11.8 Å². The lowest BCUT2D eigenvalue weighted by Crippen LogP contribution is -2.28. The molecule has 1 aromatic rings. The molecule has 3 aliphatic rings. The number of nitrogens with zero attached hydrogens (tertiary/aromatic N) is 2. The van der Waals surface area contributed by atoms with Crippen LogP contribution in [0.3, 0.4) is 0 Å². The smallest absolute Gasteiger partial charge is 0.254 e. The fourth-order valence-electron chi connectivity index (χ4n) is 4.09. The van der Waals surface area contributed by atoms with Gasteiger partial charge in [-0.25, -0.2) is 0 Å². The van der Waals surface area contributed by atoms with E-state index in [0.717, 1.165) is 11.4 Å². The summed E-state index contributed by atoms with van der Waals surface area (Å²) < 4.78 is 6.38. The molecule has 1 aromatic carbocycles. The number of hydrogen-bond donors (Lipinski definition) is 1. The topological polar surface area (TPSA) is 79.2 Å². The van der Waals surface area contributed by atoms with E-state index in [1.54, 1.807) is 6.07 Å². The first kappa shape index (κ1) is 17.7. The maximum absolute atomic E-state index is 12.7. The summed E-state index contributed by atoms with van der Waals surface area (Å²) in [6, 6.07) is 1.61. The van der Waals surface area contributed by atoms with Crippen LogP contribution in [0.25, 0.3) is 0 Å². The van der Waals surface area contributed by atoms with E-state index in [-0.39, 0.29) is 41.2 Å². The summed E-state index contributed by atoms with van der Waals surface area (Å²) in [6.07, 6.45) is 6.42. The third-order valence-electron chi connectivity index (χ3n) is 5.23. The predicted molar refractivity (Wildman–Crippen MR) is 102 cm³/mol. The lowest BCUT2D eigenvalue weighted by Gasteiger charge is -2.13. The quantitative estimate of drug-likeness (QED) is 0.404. The first-order chi connectivity index (χ1) is 12.4. The largest absolute Gasteiger partial charge is 0.503 e. The van der Waals surface area contributed by atoms with Crippen molar-refractivity contribution in [3.8, 4) is 11.5 Å². The summed E-state index contributed by atoms with van der Waals surface area (Å²) in [5.41, 5.74) is 0.580. The number of ether oxygens (including phenoxy) is 1. The molecule has 1 aliphatic heterocycles. The highest BCUT2D eigenvalue weighted by Gasteiger charge is 2.59. The van der Waals surface area contributed by atoms with Crippen molar-refractivity contribution in [1.29, 1.82) is 0 Å². The highest BCUT2D eigenvalue weighted by atomic mass is 79.9. The first-order valence-corrected chi connectivity index (χ1v) is 9.96. The van der Waals surface area contributed by atoms with Gasteiger partial charge in [0.1, 0.15) is 0 Å². The molecule has 2 aliphatic carbocycles. The van der Waals surface area contributed by atoms with E-state index >= 15 is 0 Å². The van der Waals surface area contributed by atoms with Crippen LogP contribution in [-0.2, 0) is 9.59 Å². The zero-order chi connectivity index (χ0) is 18.6. The van der Waals surface area contributed by atoms with Gasteiger partial charge in [-0.3, -0.25) is 9.59 Å². The van der Waals surface area contributed by atoms with Crippen molar-refractivity contribution < 1.29 is 19.4 Å². The number of carbonyl (C=O) groups excluding carboxylic acids is 2. The highest BCUT2D eigenvalue weighted by molar-refractivity contribution is 9.13. The molecule has 8 heteroatoms. The first-order valence-electron chi connectivity index (χ1n) is 8.38. The molecule has 0 radical (unpaired) electrons. The van der Waals surface area contributed by atoms with Crippen molar-refractivity contribution >= 4 is 49.9 Å². The molecule has 0 aromatic heterocycles. The van der Waals surface area contributed by atoms with Gasteiger partial charge in [-0.2, -0.15) is 10.1 Å². The highest BCUT2D eigenvalue weighted by Crippen LogP contribution is 2.52. The lowest BCUT2D eigenvalue weighted by molar-refractivity contribution is -0.140. The predicted octanol–water partition coefficient (Wildman–Crippen LogP) is 3.46. The number of aromatic hydroxyl groups is 1. The molecule has 2 amide bonds. The lowest BCUT2D eigenvalue weighted by atomic mass is 9.85. The third kappa shape index (κ3) is 2.53. The maximum atomic E-state index is 12.7. The summed E-state index contributed by atoms with van der Waals surface area (Å²) in [4.78, 5) is 25.3. The molecule has 1 saturated heterocycles. The van der Waals surface area contributed by atoms with Gasteiger partial charge in [0.05, 0.1) is 29.1 Å². The van der Waals surface area contributed by atoms with E-state index in [1.807, 2.05) is 19.1 Å². The minimum atomic E-state index is -0.274. The Hall–Kier alpha value is -1.67. The van der Waals surface area contributed by atoms with E-state index in [0.29, 0.717) is 26.9 Å². The Morgan fingerprint density at radius 2 is 1.85 bits per heavy atom. The van der Waals surface area contributed by atoms with Gasteiger partial charge in [-0.15, -0.1) is 0 Å². The second kappa shape index (κ2) is 6.49. The molecule has 6 nitrogen and oxygen atoms in total. The van der Waals surface area contributed by atoms with Gasteiger partial charge in [0.15, 0.2) is 11.5 Å². The summed E-state index contributed by atoms with van der Waals surface area (Å²) in [5, 5.41) is 15.3. The van der Waals surface area contributed by atoms with Gasteiger partial charge >= 0.3 is 0 Å². The summed E-state index contributed by atoms with van der Waals surface area (Å²) in [5.74, 6) is -0.434. The zero-order valence-corrected chi connectivity index (χ0v) is 17.0. The van der Waals surface area contributed by atoms with Crippen molar-refractivity contribution in [3.05, 3.63) is 32.7 Å². The van der Waals surface area contributed by atoms with Crippen LogP contribution < -0.4 is 4.74 Å². The van der Waals surface area contributed by atoms with E-state index in [1.165, 1.54) is 6.21 Å². The molecule has 1 saturated carbocycles. The van der Waals surface area contributed by atoms with Gasteiger partial charge < -0.3 is 9.84 Å². The van der Waals surface area contributed by atoms with E-state index < -0.39 is 0 Å². The molecule has 1 heterocycles. The molecular formula is C18H16Br2N2O4. The van der Waals surface area contributed by atoms with Crippen LogP contribution in [-0.4, -0.2) is 34.8 Å². The fraction of sp³-hybridized carbons (Fsp3) is 0.389. The number of hydrazone groups is 1. The summed E-state index contributed by atoms with van der Waals surface area (Å²) in [7, 11) is 0. The fourth-order valence-corrected chi connectivity index (χ4v) is 4.92. The van der Waals surface area contributed by atoms with Crippen molar-refractivity contribution in [2.24, 2.45) is 28.8 Å². The number of amides is 2. The number of rotatable bonds is 4. The number of halogens is 2. The Morgan fingerprint density at radius 1 is 1.23 bits per heavy atom. The second-order valence-electron chi connectivity index (χ2n) is 6.61. The molecule has 1 N–H and O–H groups in total. The molecular weight excluding hydrogens is 468 g/mol. The maximum Gasteiger partial charge on any atom is 0.254 e. The van der Waals surface area contributed by atoms with E-state index in [9.17, 15) is 14.7 Å². The van der Waals surface area contributed by atoms with Crippen LogP contribution in [0, 0.1) is 23.7 Å². The van der Waals surface area contributed by atoms with Gasteiger partial charge in [0.2, 0.25) is 0 Å². The molecule has 4 atom stereocenters. The number of phenolic OH excluding ortho intramolecular Hbond substituents is 1. The average Bonchev–Trinajstić information content (AvgIpc) is 3.30. The Bertz CT molecular complexity index is 837. The van der Waals surface area contributed by atoms with Crippen molar-refractivity contribution in [2.75, 3.05) is 6.61 Å². The van der Waals surface area contributed by atoms with Gasteiger partial charge in [0, 0.05) is 10.0 Å². The van der Waals surface area contributed by atoms with Crippen LogP contribution in [0.2, 0.25) is 0 Å². The monoisotopic (exact) mass is 482 g/mol. The number of fused-ring (bicyclic) bond motifs is 5. The molecule has 0 spiro atoms. The minimum Gasteiger partial charge on any atom is -0.503 e. The average molecular weight is 484 g/mol. The molecule has 136 valence electrons. The summed E-state index contributed by atoms with van der Waals surface area (Å²) >= 11 is 6.68. The normalized spacial score (nSPS) is 29.3. The second-order valence-corrected chi connectivity index (χ2v) is 8.19. The minimum absolute atomic E-state index is 0.0265. The van der Waals surface area contributed by atoms with E-state index in [4.69, 9.17) is 4.74 Å². The van der Waals surface area contributed by atoms with Crippen LogP contribution in [0.15, 0.2) is 32.3 Å². The number of carbonyl (C=O) groups is 2. The number of imide groups is 1. The zero-order valence-electron chi connectivity index (χ0n) is 13.9. The Labute approximate surface area is 167 Å². The summed E-state index contributed by atoms with van der Waals surface area (Å²) in [6.45, 7) is 2.20. The SMILES string of the molecule is CCOc1cc(/C=N/N2C(=O)C3C4C=CC(C4)C3C2=O)c(Br)c(Br)c1O. The molecule has 4 unspecified atom stereocenters. The third-order valence-corrected chi connectivity index (χ3v) is 7.39. The number of hydrogen-bond acceptors (Lipinski definition) is 5. The van der Waals surface area contributed by atoms with Crippen LogP contribution in [0.5, 0.6) is 11.5 Å². The van der Waals surface area contributed by atoms with Crippen LogP contribution in [0.1, 0.15) is 18.9 Å². The standard InChI is InChI=1S/C18H16Br2N2O4/c1-2-26-11-6-10(14(19)15(20)16(11)23)7-21-22-17(24)12-8-3-4-9(5-8)13(12)18(22)25/h3-4,6-9,12-13,23H,2,5H2,1H3/b21-7+. The number of allylic oxidation sites excluding steroid dienone is 2.